The molecule has 194 valence electrons. The van der Waals surface area contributed by atoms with Gasteiger partial charge in [0.2, 0.25) is 5.91 Å². The summed E-state index contributed by atoms with van der Waals surface area (Å²) in [5, 5.41) is 10.3. The maximum atomic E-state index is 14.9. The van der Waals surface area contributed by atoms with Crippen molar-refractivity contribution in [1.29, 1.82) is 0 Å². The highest BCUT2D eigenvalue weighted by Gasteiger charge is 2.26. The van der Waals surface area contributed by atoms with E-state index < -0.39 is 39.5 Å². The maximum Gasteiger partial charge on any atom is 0.251 e. The van der Waals surface area contributed by atoms with Crippen molar-refractivity contribution in [3.8, 4) is 5.75 Å². The van der Waals surface area contributed by atoms with Crippen LogP contribution in [-0.2, 0) is 16.1 Å². The quantitative estimate of drug-likeness (QED) is 0.343. The second-order valence-electron chi connectivity index (χ2n) is 9.22. The average Bonchev–Trinajstić information content (AvgIpc) is 3.26. The third kappa shape index (κ3) is 5.91. The number of halogens is 2. The number of para-hydroxylation sites is 1. The van der Waals surface area contributed by atoms with Crippen LogP contribution in [0.25, 0.3) is 10.9 Å². The maximum absolute atomic E-state index is 14.9. The van der Waals surface area contributed by atoms with E-state index >= 15 is 0 Å². The molecule has 0 spiro atoms. The highest BCUT2D eigenvalue weighted by atomic mass is 32.3. The Morgan fingerprint density at radius 1 is 1.03 bits per heavy atom. The number of amides is 2. The fourth-order valence-electron chi connectivity index (χ4n) is 3.89. The molecule has 0 aliphatic rings. The molecular formula is C27H28F2N4O3S. The summed E-state index contributed by atoms with van der Waals surface area (Å²) in [7, 11) is -0.0190. The molecule has 7 nitrogen and oxygen atoms in total. The van der Waals surface area contributed by atoms with Crippen LogP contribution in [0.3, 0.4) is 0 Å². The van der Waals surface area contributed by atoms with Gasteiger partial charge in [-0.2, -0.15) is 5.10 Å². The molecular weight excluding hydrogens is 498 g/mol. The van der Waals surface area contributed by atoms with Crippen LogP contribution in [0.2, 0.25) is 0 Å². The van der Waals surface area contributed by atoms with E-state index in [2.05, 4.69) is 15.7 Å². The summed E-state index contributed by atoms with van der Waals surface area (Å²) < 4.78 is 36.3. The lowest BCUT2D eigenvalue weighted by Crippen LogP contribution is -2.38. The van der Waals surface area contributed by atoms with E-state index in [1.165, 1.54) is 11.8 Å². The molecule has 0 bridgehead atoms. The van der Waals surface area contributed by atoms with E-state index in [0.29, 0.717) is 11.3 Å². The predicted molar refractivity (Wildman–Crippen MR) is 142 cm³/mol. The molecule has 0 saturated heterocycles. The van der Waals surface area contributed by atoms with Crippen molar-refractivity contribution in [2.75, 3.05) is 31.2 Å². The van der Waals surface area contributed by atoms with Crippen molar-refractivity contribution in [3.63, 3.8) is 0 Å². The Hall–Kier alpha value is -3.92. The number of anilines is 1. The number of hydrogen-bond acceptors (Lipinski definition) is 4. The fraction of sp³-hybridized carbons (Fsp3) is 0.222. The lowest BCUT2D eigenvalue weighted by Gasteiger charge is -2.27. The van der Waals surface area contributed by atoms with Crippen LogP contribution in [0.4, 0.5) is 14.5 Å². The molecule has 0 aliphatic heterocycles. The normalized spacial score (nSPS) is 12.7. The Morgan fingerprint density at radius 2 is 1.73 bits per heavy atom. The fourth-order valence-corrected chi connectivity index (χ4v) is 4.99. The molecule has 0 aliphatic carbocycles. The zero-order valence-corrected chi connectivity index (χ0v) is 21.7. The van der Waals surface area contributed by atoms with Gasteiger partial charge in [-0.1, -0.05) is 30.3 Å². The van der Waals surface area contributed by atoms with Crippen LogP contribution in [0, 0.1) is 11.6 Å². The van der Waals surface area contributed by atoms with Gasteiger partial charge < -0.3 is 15.4 Å². The molecule has 2 amide bonds. The van der Waals surface area contributed by atoms with Crippen LogP contribution < -0.4 is 15.4 Å². The van der Waals surface area contributed by atoms with Gasteiger partial charge in [-0.3, -0.25) is 14.3 Å². The first kappa shape index (κ1) is 26.2. The molecule has 1 unspecified atom stereocenters. The minimum Gasteiger partial charge on any atom is -0.497 e. The average molecular weight is 527 g/mol. The van der Waals surface area contributed by atoms with E-state index in [-0.39, 0.29) is 17.1 Å². The van der Waals surface area contributed by atoms with Crippen LogP contribution in [0.15, 0.2) is 71.8 Å². The second kappa shape index (κ2) is 10.6. The molecule has 0 saturated carbocycles. The summed E-state index contributed by atoms with van der Waals surface area (Å²) >= 11 is 0. The molecule has 1 heterocycles. The summed E-state index contributed by atoms with van der Waals surface area (Å²) in [5.74, 6) is -2.00. The van der Waals surface area contributed by atoms with Crippen molar-refractivity contribution in [2.24, 2.45) is 0 Å². The lowest BCUT2D eigenvalue weighted by atomic mass is 10.1. The van der Waals surface area contributed by atoms with Crippen LogP contribution in [-0.4, -0.2) is 47.5 Å². The molecule has 10 heteroatoms. The monoisotopic (exact) mass is 526 g/mol. The number of methoxy groups -OCH3 is 1. The zero-order chi connectivity index (χ0) is 26.7. The molecule has 4 aromatic rings. The minimum absolute atomic E-state index is 0.139. The Morgan fingerprint density at radius 3 is 2.41 bits per heavy atom. The Labute approximate surface area is 215 Å². The van der Waals surface area contributed by atoms with E-state index in [1.807, 2.05) is 43.0 Å². The van der Waals surface area contributed by atoms with Gasteiger partial charge in [0.15, 0.2) is 0 Å². The van der Waals surface area contributed by atoms with Crippen LogP contribution in [0.5, 0.6) is 5.75 Å². The van der Waals surface area contributed by atoms with Gasteiger partial charge in [0, 0.05) is 16.3 Å². The van der Waals surface area contributed by atoms with Gasteiger partial charge in [-0.15, -0.1) is 0 Å². The van der Waals surface area contributed by atoms with Crippen LogP contribution in [0.1, 0.15) is 11.6 Å². The van der Waals surface area contributed by atoms with Crippen molar-refractivity contribution < 1.29 is 23.1 Å². The molecule has 0 radical (unpaired) electrons. The minimum atomic E-state index is -1.53. The number of nitrogens with one attached hydrogen (secondary N) is 2. The van der Waals surface area contributed by atoms with Gasteiger partial charge in [0.1, 0.15) is 30.0 Å². The summed E-state index contributed by atoms with van der Waals surface area (Å²) in [4.78, 5) is 26.6. The summed E-state index contributed by atoms with van der Waals surface area (Å²) in [5.41, 5.74) is 0.899. The largest absolute Gasteiger partial charge is 0.497 e. The second-order valence-corrected chi connectivity index (χ2v) is 13.3. The van der Waals surface area contributed by atoms with Gasteiger partial charge in [-0.25, -0.2) is 18.8 Å². The highest BCUT2D eigenvalue weighted by molar-refractivity contribution is 8.32. The topological polar surface area (TPSA) is 85.2 Å². The number of carbonyl (C=O) groups is 2. The predicted octanol–water partition coefficient (Wildman–Crippen LogP) is 4.87. The molecule has 1 atom stereocenters. The first-order valence-electron chi connectivity index (χ1n) is 11.4. The molecule has 4 rings (SSSR count). The Kier molecular flexibility index (Phi) is 7.49. The summed E-state index contributed by atoms with van der Waals surface area (Å²) in [6.07, 6.45) is 7.19. The highest BCUT2D eigenvalue weighted by Crippen LogP contribution is 2.47. The Balaban J connectivity index is 1.60. The van der Waals surface area contributed by atoms with E-state index in [4.69, 9.17) is 4.74 Å². The van der Waals surface area contributed by atoms with Gasteiger partial charge >= 0.3 is 0 Å². The van der Waals surface area contributed by atoms with Crippen molar-refractivity contribution >= 4 is 38.4 Å². The van der Waals surface area contributed by atoms with Gasteiger partial charge in [-0.05, 0) is 48.6 Å². The van der Waals surface area contributed by atoms with Crippen molar-refractivity contribution in [1.82, 2.24) is 15.1 Å². The number of fused-ring (bicyclic) bond motifs is 1. The number of nitrogens with zero attached hydrogens (tertiary/aromatic N) is 2. The first-order valence-corrected chi connectivity index (χ1v) is 14.2. The number of carbonyl (C=O) groups excluding carboxylic acids is 2. The smallest absolute Gasteiger partial charge is 0.251 e. The molecule has 1 aromatic heterocycles. The number of aromatic nitrogens is 2. The Bertz CT molecular complexity index is 1450. The van der Waals surface area contributed by atoms with Gasteiger partial charge in [0.25, 0.3) is 5.91 Å². The van der Waals surface area contributed by atoms with E-state index in [9.17, 15) is 18.4 Å². The number of benzene rings is 3. The summed E-state index contributed by atoms with van der Waals surface area (Å²) in [6.45, 7) is -0.139. The van der Waals surface area contributed by atoms with E-state index in [1.54, 1.807) is 30.5 Å². The molecule has 2 N–H and O–H groups in total. The molecule has 0 fully saturated rings. The SMILES string of the molecule is COc1ccc(C(NC(=O)Cn2ncc3ccccc32)C(=O)Nc2cc(F)c(S(C)(C)C)cc2F)cc1. The third-order valence-electron chi connectivity index (χ3n) is 5.80. The zero-order valence-electron chi connectivity index (χ0n) is 20.9. The standard InChI is InChI=1S/C27H28F2N4O3S/c1-36-19-11-9-17(10-12-19)26(32-25(34)16-33-23-8-6-5-7-18(23)15-30-33)27(35)31-22-13-21(29)24(14-20(22)28)37(2,3)4/h5-15,26H,16H2,1-4H3,(H,31,35)(H,32,34). The van der Waals surface area contributed by atoms with Crippen molar-refractivity contribution in [2.45, 2.75) is 17.5 Å². The van der Waals surface area contributed by atoms with Crippen molar-refractivity contribution in [3.05, 3.63) is 84.1 Å². The third-order valence-corrected chi connectivity index (χ3v) is 7.43. The number of hydrogen-bond donors (Lipinski definition) is 2. The summed E-state index contributed by atoms with van der Waals surface area (Å²) in [6, 6.07) is 14.9. The number of ether oxygens (including phenoxy) is 1. The lowest BCUT2D eigenvalue weighted by molar-refractivity contribution is -0.127. The number of rotatable bonds is 8. The first-order chi connectivity index (χ1) is 17.6. The van der Waals surface area contributed by atoms with E-state index in [0.717, 1.165) is 23.0 Å². The molecule has 37 heavy (non-hydrogen) atoms. The van der Waals surface area contributed by atoms with Gasteiger partial charge in [0.05, 0.1) is 24.5 Å². The van der Waals surface area contributed by atoms with Crippen LogP contribution >= 0.6 is 10.0 Å². The molecule has 3 aromatic carbocycles.